The summed E-state index contributed by atoms with van der Waals surface area (Å²) in [5, 5.41) is 23.7. The quantitative estimate of drug-likeness (QED) is 0.431. The maximum Gasteiger partial charge on any atom is 0.478 e. The largest absolute Gasteiger partial charge is 0.515 e. The highest BCUT2D eigenvalue weighted by molar-refractivity contribution is 7.11. The molecule has 1 saturated heterocycles. The van der Waals surface area contributed by atoms with E-state index >= 15 is 0 Å². The van der Waals surface area contributed by atoms with Crippen molar-refractivity contribution in [2.75, 3.05) is 0 Å². The lowest BCUT2D eigenvalue weighted by Crippen LogP contribution is -2.53. The Morgan fingerprint density at radius 3 is 2.86 bits per heavy atom. The predicted molar refractivity (Wildman–Crippen MR) is 84.2 cm³/mol. The SMILES string of the molecule is CC(=O)C[C@@H]1CC[C@H](NC(=O)/C(=C\O)c2cccs2)B(O)O1. The molecule has 6 nitrogen and oxygen atoms in total. The second kappa shape index (κ2) is 7.57. The molecular weight excluding hydrogens is 305 g/mol. The van der Waals surface area contributed by atoms with Gasteiger partial charge in [-0.1, -0.05) is 6.07 Å². The van der Waals surface area contributed by atoms with Crippen LogP contribution in [-0.2, 0) is 14.2 Å². The van der Waals surface area contributed by atoms with Crippen LogP contribution in [0, 0.1) is 0 Å². The molecule has 0 spiro atoms. The van der Waals surface area contributed by atoms with E-state index in [1.54, 1.807) is 17.5 Å². The normalized spacial score (nSPS) is 22.5. The van der Waals surface area contributed by atoms with Crippen molar-refractivity contribution in [3.63, 3.8) is 0 Å². The molecule has 2 rings (SSSR count). The molecule has 0 radical (unpaired) electrons. The zero-order chi connectivity index (χ0) is 16.1. The van der Waals surface area contributed by atoms with Crippen molar-refractivity contribution in [1.29, 1.82) is 0 Å². The van der Waals surface area contributed by atoms with Gasteiger partial charge < -0.3 is 20.1 Å². The summed E-state index contributed by atoms with van der Waals surface area (Å²) in [7, 11) is -1.16. The summed E-state index contributed by atoms with van der Waals surface area (Å²) >= 11 is 1.33. The van der Waals surface area contributed by atoms with E-state index in [1.165, 1.54) is 18.3 Å². The number of carbonyl (C=O) groups excluding carboxylic acids is 2. The zero-order valence-electron chi connectivity index (χ0n) is 12.2. The molecule has 1 aliphatic heterocycles. The Labute approximate surface area is 132 Å². The molecule has 0 unspecified atom stereocenters. The summed E-state index contributed by atoms with van der Waals surface area (Å²) in [5.74, 6) is -1.03. The van der Waals surface area contributed by atoms with Gasteiger partial charge in [-0.3, -0.25) is 9.59 Å². The first-order chi connectivity index (χ1) is 10.5. The van der Waals surface area contributed by atoms with Crippen molar-refractivity contribution in [3.8, 4) is 0 Å². The standard InChI is InChI=1S/C14H18BNO5S/c1-9(18)7-10-4-5-13(15(20)21-10)16-14(19)11(8-17)12-3-2-6-22-12/h2-3,6,8,10,13,17,20H,4-5,7H2,1H3,(H,16,19)/b11-8-/t10-,13-/m0/s1. The molecule has 1 aromatic rings. The second-order valence-electron chi connectivity index (χ2n) is 5.23. The third kappa shape index (κ3) is 4.19. The predicted octanol–water partition coefficient (Wildman–Crippen LogP) is 1.31. The summed E-state index contributed by atoms with van der Waals surface area (Å²) in [5.41, 5.74) is 0.146. The average Bonchev–Trinajstić information content (AvgIpc) is 2.96. The molecule has 0 aliphatic carbocycles. The minimum Gasteiger partial charge on any atom is -0.515 e. The van der Waals surface area contributed by atoms with Crippen LogP contribution in [0.5, 0.6) is 0 Å². The number of hydrogen-bond acceptors (Lipinski definition) is 6. The Balaban J connectivity index is 1.94. The van der Waals surface area contributed by atoms with Crippen LogP contribution in [0.1, 0.15) is 31.1 Å². The van der Waals surface area contributed by atoms with Gasteiger partial charge in [0.05, 0.1) is 17.8 Å². The molecule has 1 amide bonds. The van der Waals surface area contributed by atoms with E-state index in [9.17, 15) is 19.7 Å². The Morgan fingerprint density at radius 1 is 1.55 bits per heavy atom. The Kier molecular flexibility index (Phi) is 5.76. The lowest BCUT2D eigenvalue weighted by atomic mass is 9.72. The number of aliphatic hydroxyl groups is 1. The van der Waals surface area contributed by atoms with Gasteiger partial charge >= 0.3 is 7.12 Å². The Hall–Kier alpha value is -1.64. The third-order valence-electron chi connectivity index (χ3n) is 3.47. The summed E-state index contributed by atoms with van der Waals surface area (Å²) in [4.78, 5) is 23.9. The first-order valence-electron chi connectivity index (χ1n) is 7.03. The van der Waals surface area contributed by atoms with Crippen molar-refractivity contribution >= 4 is 35.7 Å². The fourth-order valence-electron chi connectivity index (χ4n) is 2.39. The monoisotopic (exact) mass is 323 g/mol. The molecule has 22 heavy (non-hydrogen) atoms. The van der Waals surface area contributed by atoms with Gasteiger partial charge in [-0.05, 0) is 31.2 Å². The van der Waals surface area contributed by atoms with Crippen LogP contribution in [0.2, 0.25) is 0 Å². The number of carbonyl (C=O) groups is 2. The minimum absolute atomic E-state index is 0.00267. The van der Waals surface area contributed by atoms with Gasteiger partial charge in [0.2, 0.25) is 0 Å². The number of rotatable bonds is 5. The number of ketones is 1. The number of hydrogen-bond donors (Lipinski definition) is 3. The molecule has 2 atom stereocenters. The van der Waals surface area contributed by atoms with Crippen LogP contribution < -0.4 is 5.32 Å². The molecule has 8 heteroatoms. The summed E-state index contributed by atoms with van der Waals surface area (Å²) in [6.45, 7) is 1.48. The second-order valence-corrected chi connectivity index (χ2v) is 6.18. The van der Waals surface area contributed by atoms with E-state index in [-0.39, 0.29) is 23.9 Å². The number of amides is 1. The van der Waals surface area contributed by atoms with Crippen molar-refractivity contribution in [1.82, 2.24) is 5.32 Å². The van der Waals surface area contributed by atoms with Crippen LogP contribution in [0.25, 0.3) is 5.57 Å². The van der Waals surface area contributed by atoms with Crippen molar-refractivity contribution in [2.24, 2.45) is 0 Å². The number of nitrogens with one attached hydrogen (secondary N) is 1. The van der Waals surface area contributed by atoms with Crippen molar-refractivity contribution in [2.45, 2.75) is 38.2 Å². The van der Waals surface area contributed by atoms with Gasteiger partial charge in [0.25, 0.3) is 5.91 Å². The number of thiophene rings is 1. The maximum atomic E-state index is 12.2. The topological polar surface area (TPSA) is 95.9 Å². The van der Waals surface area contributed by atoms with Gasteiger partial charge in [-0.2, -0.15) is 0 Å². The molecule has 118 valence electrons. The molecule has 0 aromatic carbocycles. The Bertz CT molecular complexity index is 560. The van der Waals surface area contributed by atoms with E-state index in [0.717, 1.165) is 6.26 Å². The van der Waals surface area contributed by atoms with E-state index in [0.29, 0.717) is 17.7 Å². The van der Waals surface area contributed by atoms with E-state index in [4.69, 9.17) is 4.65 Å². The highest BCUT2D eigenvalue weighted by atomic mass is 32.1. The fraction of sp³-hybridized carbons (Fsp3) is 0.429. The fourth-order valence-corrected chi connectivity index (χ4v) is 3.13. The van der Waals surface area contributed by atoms with Crippen LogP contribution >= 0.6 is 11.3 Å². The van der Waals surface area contributed by atoms with Crippen molar-refractivity contribution in [3.05, 3.63) is 28.7 Å². The lowest BCUT2D eigenvalue weighted by molar-refractivity contribution is -0.119. The van der Waals surface area contributed by atoms with Gasteiger partial charge in [0, 0.05) is 17.4 Å². The van der Waals surface area contributed by atoms with E-state index < -0.39 is 19.0 Å². The number of Topliss-reactive ketones (excluding diaryl/α,β-unsaturated/α-hetero) is 1. The van der Waals surface area contributed by atoms with E-state index in [1.807, 2.05) is 0 Å². The maximum absolute atomic E-state index is 12.2. The van der Waals surface area contributed by atoms with Gasteiger partial charge in [-0.15, -0.1) is 11.3 Å². The van der Waals surface area contributed by atoms with Crippen LogP contribution in [0.4, 0.5) is 0 Å². The third-order valence-corrected chi connectivity index (χ3v) is 4.37. The van der Waals surface area contributed by atoms with Crippen LogP contribution in [0.15, 0.2) is 23.8 Å². The van der Waals surface area contributed by atoms with E-state index in [2.05, 4.69) is 5.32 Å². The molecule has 2 heterocycles. The summed E-state index contributed by atoms with van der Waals surface area (Å²) < 4.78 is 5.36. The molecule has 0 saturated carbocycles. The van der Waals surface area contributed by atoms with Crippen molar-refractivity contribution < 1.29 is 24.4 Å². The molecule has 0 bridgehead atoms. The summed E-state index contributed by atoms with van der Waals surface area (Å²) in [6, 6.07) is 3.50. The van der Waals surface area contributed by atoms with Crippen LogP contribution in [0.3, 0.4) is 0 Å². The zero-order valence-corrected chi connectivity index (χ0v) is 13.0. The first kappa shape index (κ1) is 16.7. The minimum atomic E-state index is -1.16. The highest BCUT2D eigenvalue weighted by Gasteiger charge is 2.36. The highest BCUT2D eigenvalue weighted by Crippen LogP contribution is 2.22. The smallest absolute Gasteiger partial charge is 0.478 e. The van der Waals surface area contributed by atoms with Crippen LogP contribution in [-0.4, -0.2) is 41.0 Å². The lowest BCUT2D eigenvalue weighted by Gasteiger charge is -2.31. The molecule has 1 aliphatic rings. The summed E-state index contributed by atoms with van der Waals surface area (Å²) in [6.07, 6.45) is 1.79. The molecule has 1 fully saturated rings. The van der Waals surface area contributed by atoms with Gasteiger partial charge in [0.1, 0.15) is 5.78 Å². The number of aliphatic hydroxyl groups excluding tert-OH is 1. The average molecular weight is 323 g/mol. The Morgan fingerprint density at radius 2 is 2.32 bits per heavy atom. The van der Waals surface area contributed by atoms with Gasteiger partial charge in [-0.25, -0.2) is 0 Å². The molecule has 3 N–H and O–H groups in total. The first-order valence-corrected chi connectivity index (χ1v) is 7.91. The molecular formula is C14H18BNO5S. The van der Waals surface area contributed by atoms with Gasteiger partial charge in [0.15, 0.2) is 0 Å². The molecule has 1 aromatic heterocycles.